The van der Waals surface area contributed by atoms with E-state index in [0.717, 1.165) is 35.2 Å². The van der Waals surface area contributed by atoms with E-state index < -0.39 is 11.9 Å². The van der Waals surface area contributed by atoms with Gasteiger partial charge >= 0.3 is 0 Å². The van der Waals surface area contributed by atoms with Crippen molar-refractivity contribution in [2.24, 2.45) is 23.3 Å². The number of aryl methyl sites for hydroxylation is 1. The van der Waals surface area contributed by atoms with Gasteiger partial charge in [-0.3, -0.25) is 29.6 Å². The Morgan fingerprint density at radius 1 is 1.05 bits per heavy atom. The molecule has 1 aliphatic rings. The molecule has 2 amide bonds. The molecule has 9 nitrogen and oxygen atoms in total. The van der Waals surface area contributed by atoms with E-state index in [1.165, 1.54) is 4.90 Å². The first-order valence-electron chi connectivity index (χ1n) is 13.4. The Morgan fingerprint density at radius 3 is 2.45 bits per heavy atom. The average molecular weight is 563 g/mol. The van der Waals surface area contributed by atoms with Gasteiger partial charge in [-0.2, -0.15) is 0 Å². The van der Waals surface area contributed by atoms with Gasteiger partial charge in [0.1, 0.15) is 0 Å². The number of fused-ring (bicyclic) bond motifs is 1. The fourth-order valence-corrected chi connectivity index (χ4v) is 5.47. The lowest BCUT2D eigenvalue weighted by atomic mass is 9.81. The zero-order valence-electron chi connectivity index (χ0n) is 22.4. The van der Waals surface area contributed by atoms with Crippen LogP contribution in [-0.2, 0) is 16.0 Å². The minimum Gasteiger partial charge on any atom is -0.330 e. The summed E-state index contributed by atoms with van der Waals surface area (Å²) in [5, 5.41) is 5.80. The van der Waals surface area contributed by atoms with Crippen molar-refractivity contribution in [2.45, 2.75) is 45.1 Å². The molecular weight excluding hydrogens is 528 g/mol. The van der Waals surface area contributed by atoms with Gasteiger partial charge in [0.15, 0.2) is 0 Å². The van der Waals surface area contributed by atoms with Crippen molar-refractivity contribution in [2.75, 3.05) is 11.4 Å². The molecule has 6 N–H and O–H groups in total. The second-order valence-corrected chi connectivity index (χ2v) is 10.4. The highest BCUT2D eigenvalue weighted by molar-refractivity contribution is 6.17. The summed E-state index contributed by atoms with van der Waals surface area (Å²) in [6.07, 6.45) is 5.11. The van der Waals surface area contributed by atoms with Crippen LogP contribution < -0.4 is 21.9 Å². The molecule has 10 heteroatoms. The summed E-state index contributed by atoms with van der Waals surface area (Å²) in [6, 6.07) is 15.8. The number of carbonyl (C=O) groups is 2. The number of nitrogens with two attached hydrogens (primary N) is 2. The van der Waals surface area contributed by atoms with E-state index >= 15 is 0 Å². The molecule has 0 saturated heterocycles. The van der Waals surface area contributed by atoms with Crippen molar-refractivity contribution in [1.29, 1.82) is 0 Å². The Morgan fingerprint density at radius 2 is 1.77 bits per heavy atom. The Kier molecular flexibility index (Phi) is 9.19. The largest absolute Gasteiger partial charge is 0.330 e. The lowest BCUT2D eigenvalue weighted by Crippen LogP contribution is -2.50. The third-order valence-electron chi connectivity index (χ3n) is 7.83. The number of amides is 2. The molecule has 0 bridgehead atoms. The number of aromatic amines is 2. The molecule has 0 radical (unpaired) electrons. The van der Waals surface area contributed by atoms with E-state index in [2.05, 4.69) is 15.2 Å². The fourth-order valence-electron chi connectivity index (χ4n) is 5.47. The van der Waals surface area contributed by atoms with Gasteiger partial charge in [-0.05, 0) is 86.9 Å². The maximum atomic E-state index is 13.8. The first-order valence-corrected chi connectivity index (χ1v) is 13.4. The van der Waals surface area contributed by atoms with Crippen LogP contribution in [0.3, 0.4) is 0 Å². The summed E-state index contributed by atoms with van der Waals surface area (Å²) < 4.78 is 0. The van der Waals surface area contributed by atoms with Crippen LogP contribution in [0.25, 0.3) is 22.0 Å². The molecule has 1 aliphatic carbocycles. The summed E-state index contributed by atoms with van der Waals surface area (Å²) in [4.78, 5) is 45.2. The Bertz CT molecular complexity index is 1540. The van der Waals surface area contributed by atoms with Gasteiger partial charge in [0.2, 0.25) is 5.91 Å². The van der Waals surface area contributed by atoms with Gasteiger partial charge in [0, 0.05) is 23.4 Å². The molecular formula is C30H35ClN6O3. The van der Waals surface area contributed by atoms with Gasteiger partial charge in [0.05, 0.1) is 22.6 Å². The summed E-state index contributed by atoms with van der Waals surface area (Å²) in [7, 11) is 0. The highest BCUT2D eigenvalue weighted by Crippen LogP contribution is 2.32. The van der Waals surface area contributed by atoms with Gasteiger partial charge in [-0.15, -0.1) is 12.4 Å². The number of pyridine rings is 1. The molecule has 1 atom stereocenters. The number of nitrogens with one attached hydrogen (secondary N) is 2. The van der Waals surface area contributed by atoms with Crippen molar-refractivity contribution in [3.63, 3.8) is 0 Å². The lowest BCUT2D eigenvalue weighted by molar-refractivity contribution is -0.130. The molecule has 2 aromatic carbocycles. The fraction of sp³-hybridized carbons (Fsp3) is 0.333. The van der Waals surface area contributed by atoms with Crippen LogP contribution in [0.15, 0.2) is 65.6 Å². The van der Waals surface area contributed by atoms with Gasteiger partial charge in [0.25, 0.3) is 11.5 Å². The average Bonchev–Trinajstić information content (AvgIpc) is 3.33. The molecule has 40 heavy (non-hydrogen) atoms. The highest BCUT2D eigenvalue weighted by atomic mass is 35.5. The minimum absolute atomic E-state index is 0. The van der Waals surface area contributed by atoms with E-state index in [1.807, 2.05) is 43.3 Å². The number of imide groups is 1. The van der Waals surface area contributed by atoms with E-state index in [1.54, 1.807) is 24.4 Å². The van der Waals surface area contributed by atoms with Crippen molar-refractivity contribution in [3.05, 3.63) is 82.4 Å². The number of H-pyrrole nitrogens is 2. The standard InChI is InChI=1S/C30H34N6O3.ClH/c1-18-24(3-2-14-33-18)21-8-4-19(5-9-21)15-26(32)30(39)36(29(38)22-10-6-20(17-31)7-11-22)23-12-13-25-27(16-23)34-35-28(25)37;/h2-5,8-9,12-14,16,20,22,26H,6-7,10-11,15,17,31-32H2,1H3,(H2,34,35,37);1H/t20-,22-,26-;/m0./s1. The molecule has 0 unspecified atom stereocenters. The second-order valence-electron chi connectivity index (χ2n) is 10.4. The topological polar surface area (TPSA) is 151 Å². The van der Waals surface area contributed by atoms with E-state index in [-0.39, 0.29) is 36.2 Å². The summed E-state index contributed by atoms with van der Waals surface area (Å²) in [5.74, 6) is -0.608. The lowest BCUT2D eigenvalue weighted by Gasteiger charge is -2.32. The van der Waals surface area contributed by atoms with E-state index in [4.69, 9.17) is 11.5 Å². The number of anilines is 1. The summed E-state index contributed by atoms with van der Waals surface area (Å²) in [6.45, 7) is 2.57. The maximum absolute atomic E-state index is 13.8. The third kappa shape index (κ3) is 6.01. The normalized spacial score (nSPS) is 17.7. The van der Waals surface area contributed by atoms with Crippen molar-refractivity contribution in [3.8, 4) is 11.1 Å². The number of aromatic nitrogens is 3. The minimum atomic E-state index is -0.929. The van der Waals surface area contributed by atoms with Crippen molar-refractivity contribution < 1.29 is 9.59 Å². The maximum Gasteiger partial charge on any atom is 0.271 e. The molecule has 0 aliphatic heterocycles. The smallest absolute Gasteiger partial charge is 0.271 e. The van der Waals surface area contributed by atoms with Crippen LogP contribution in [0.4, 0.5) is 5.69 Å². The van der Waals surface area contributed by atoms with Gasteiger partial charge in [-0.25, -0.2) is 4.90 Å². The van der Waals surface area contributed by atoms with Gasteiger partial charge in [-0.1, -0.05) is 30.3 Å². The number of carbonyl (C=O) groups excluding carboxylic acids is 2. The first-order chi connectivity index (χ1) is 18.9. The van der Waals surface area contributed by atoms with Crippen LogP contribution in [0.1, 0.15) is 36.9 Å². The molecule has 210 valence electrons. The molecule has 1 saturated carbocycles. The van der Waals surface area contributed by atoms with Crippen LogP contribution in [0.2, 0.25) is 0 Å². The predicted octanol–water partition coefficient (Wildman–Crippen LogP) is 3.84. The zero-order chi connectivity index (χ0) is 27.5. The number of benzene rings is 2. The predicted molar refractivity (Wildman–Crippen MR) is 159 cm³/mol. The zero-order valence-corrected chi connectivity index (χ0v) is 23.2. The summed E-state index contributed by atoms with van der Waals surface area (Å²) in [5.41, 5.74) is 16.9. The van der Waals surface area contributed by atoms with Crippen molar-refractivity contribution in [1.82, 2.24) is 15.2 Å². The van der Waals surface area contributed by atoms with Gasteiger partial charge < -0.3 is 11.5 Å². The Labute approximate surface area is 238 Å². The number of nitrogens with zero attached hydrogens (tertiary/aromatic N) is 2. The number of rotatable bonds is 7. The van der Waals surface area contributed by atoms with Crippen LogP contribution in [-0.4, -0.2) is 39.6 Å². The van der Waals surface area contributed by atoms with Crippen molar-refractivity contribution >= 4 is 40.8 Å². The third-order valence-corrected chi connectivity index (χ3v) is 7.83. The number of halogens is 1. The highest BCUT2D eigenvalue weighted by Gasteiger charge is 2.35. The molecule has 2 heterocycles. The summed E-state index contributed by atoms with van der Waals surface area (Å²) >= 11 is 0. The SMILES string of the molecule is Cc1ncccc1-c1ccc(C[C@H](N)C(=O)N(c2ccc3c(=O)[nH][nH]c3c2)C(=O)[C@H]2CC[C@H](CN)CC2)cc1.Cl. The van der Waals surface area contributed by atoms with Crippen LogP contribution in [0.5, 0.6) is 0 Å². The monoisotopic (exact) mass is 562 g/mol. The number of hydrogen-bond donors (Lipinski definition) is 4. The molecule has 2 aromatic heterocycles. The number of hydrogen-bond acceptors (Lipinski definition) is 6. The molecule has 5 rings (SSSR count). The molecule has 1 fully saturated rings. The van der Waals surface area contributed by atoms with E-state index in [9.17, 15) is 14.4 Å². The van der Waals surface area contributed by atoms with Crippen LogP contribution in [0, 0.1) is 18.8 Å². The first kappa shape index (κ1) is 29.2. The second kappa shape index (κ2) is 12.6. The molecule has 4 aromatic rings. The quantitative estimate of drug-likeness (QED) is 0.268. The molecule has 0 spiro atoms. The van der Waals surface area contributed by atoms with E-state index in [0.29, 0.717) is 41.9 Å². The Hall–Kier alpha value is -3.79. The van der Waals surface area contributed by atoms with Crippen LogP contribution >= 0.6 is 12.4 Å². The Balaban J connectivity index is 0.00000370.